The smallest absolute Gasteiger partial charge is 0.253 e. The topological polar surface area (TPSA) is 73.6 Å². The molecule has 2 rings (SSSR count). The molecule has 0 radical (unpaired) electrons. The summed E-state index contributed by atoms with van der Waals surface area (Å²) in [5, 5.41) is 2.91. The van der Waals surface area contributed by atoms with Gasteiger partial charge >= 0.3 is 0 Å². The molecule has 0 spiro atoms. The van der Waals surface area contributed by atoms with Crippen LogP contribution in [0.15, 0.2) is 18.2 Å². The third-order valence-electron chi connectivity index (χ3n) is 3.31. The first-order chi connectivity index (χ1) is 9.20. The first kappa shape index (κ1) is 13.7. The van der Waals surface area contributed by atoms with E-state index in [0.29, 0.717) is 36.1 Å². The second kappa shape index (κ2) is 6.43. The lowest BCUT2D eigenvalue weighted by Gasteiger charge is -2.22. The summed E-state index contributed by atoms with van der Waals surface area (Å²) in [5.41, 5.74) is 6.72. The summed E-state index contributed by atoms with van der Waals surface area (Å²) >= 11 is 0. The predicted octanol–water partition coefficient (Wildman–Crippen LogP) is 1.43. The van der Waals surface area contributed by atoms with E-state index in [1.165, 1.54) is 0 Å². The Morgan fingerprint density at radius 2 is 2.42 bits per heavy atom. The van der Waals surface area contributed by atoms with Crippen LogP contribution in [-0.2, 0) is 4.74 Å². The Morgan fingerprint density at radius 1 is 1.58 bits per heavy atom. The lowest BCUT2D eigenvalue weighted by Crippen LogP contribution is -2.33. The van der Waals surface area contributed by atoms with E-state index in [0.717, 1.165) is 19.4 Å². The second-order valence-corrected chi connectivity index (χ2v) is 4.75. The molecule has 1 aromatic rings. The quantitative estimate of drug-likeness (QED) is 0.807. The minimum absolute atomic E-state index is 0.165. The van der Waals surface area contributed by atoms with Gasteiger partial charge in [0, 0.05) is 18.8 Å². The molecule has 1 saturated heterocycles. The maximum atomic E-state index is 12.1. The van der Waals surface area contributed by atoms with Gasteiger partial charge in [-0.2, -0.15) is 0 Å². The van der Waals surface area contributed by atoms with Gasteiger partial charge in [0.1, 0.15) is 5.75 Å². The summed E-state index contributed by atoms with van der Waals surface area (Å²) in [6.07, 6.45) is 2.15. The molecule has 3 N–H and O–H groups in total. The Kier molecular flexibility index (Phi) is 4.63. The van der Waals surface area contributed by atoms with Gasteiger partial charge in [0.2, 0.25) is 0 Å². The molecule has 1 fully saturated rings. The van der Waals surface area contributed by atoms with Crippen LogP contribution < -0.4 is 15.8 Å². The SMILES string of the molecule is COc1ccc(N)c(C(=O)NCC2CCCOC2)c1. The molecule has 1 aromatic carbocycles. The largest absolute Gasteiger partial charge is 0.497 e. The van der Waals surface area contributed by atoms with Crippen LogP contribution in [0.2, 0.25) is 0 Å². The summed E-state index contributed by atoms with van der Waals surface area (Å²) < 4.78 is 10.5. The van der Waals surface area contributed by atoms with Crippen LogP contribution in [0.25, 0.3) is 0 Å². The van der Waals surface area contributed by atoms with Crippen molar-refractivity contribution in [3.05, 3.63) is 23.8 Å². The van der Waals surface area contributed by atoms with Crippen LogP contribution in [0.3, 0.4) is 0 Å². The molecule has 1 aliphatic heterocycles. The number of anilines is 1. The molecule has 1 amide bonds. The number of hydrogen-bond acceptors (Lipinski definition) is 4. The second-order valence-electron chi connectivity index (χ2n) is 4.75. The maximum absolute atomic E-state index is 12.1. The van der Waals surface area contributed by atoms with Gasteiger partial charge < -0.3 is 20.5 Å². The predicted molar refractivity (Wildman–Crippen MR) is 73.3 cm³/mol. The zero-order valence-corrected chi connectivity index (χ0v) is 11.1. The average molecular weight is 264 g/mol. The number of hydrogen-bond donors (Lipinski definition) is 2. The van der Waals surface area contributed by atoms with Crippen molar-refractivity contribution in [3.63, 3.8) is 0 Å². The van der Waals surface area contributed by atoms with Crippen molar-refractivity contribution < 1.29 is 14.3 Å². The van der Waals surface area contributed by atoms with Crippen molar-refractivity contribution in [2.45, 2.75) is 12.8 Å². The highest BCUT2D eigenvalue weighted by Gasteiger charge is 2.16. The minimum atomic E-state index is -0.165. The first-order valence-corrected chi connectivity index (χ1v) is 6.50. The molecule has 1 atom stereocenters. The van der Waals surface area contributed by atoms with Crippen molar-refractivity contribution in [2.75, 3.05) is 32.6 Å². The highest BCUT2D eigenvalue weighted by atomic mass is 16.5. The summed E-state index contributed by atoms with van der Waals surface area (Å²) in [5.74, 6) is 0.854. The molecule has 0 aliphatic carbocycles. The van der Waals surface area contributed by atoms with Gasteiger partial charge in [-0.3, -0.25) is 4.79 Å². The minimum Gasteiger partial charge on any atom is -0.497 e. The Labute approximate surface area is 113 Å². The number of nitrogens with one attached hydrogen (secondary N) is 1. The molecule has 5 nitrogen and oxygen atoms in total. The summed E-state index contributed by atoms with van der Waals surface area (Å²) in [7, 11) is 1.56. The molecule has 5 heteroatoms. The van der Waals surface area contributed by atoms with Gasteiger partial charge in [-0.1, -0.05) is 0 Å². The van der Waals surface area contributed by atoms with Gasteiger partial charge in [0.25, 0.3) is 5.91 Å². The molecular weight excluding hydrogens is 244 g/mol. The zero-order chi connectivity index (χ0) is 13.7. The van der Waals surface area contributed by atoms with Crippen LogP contribution in [0.1, 0.15) is 23.2 Å². The molecule has 1 aliphatic rings. The lowest BCUT2D eigenvalue weighted by molar-refractivity contribution is 0.0536. The van der Waals surface area contributed by atoms with E-state index >= 15 is 0 Å². The van der Waals surface area contributed by atoms with Gasteiger partial charge in [0.05, 0.1) is 19.3 Å². The van der Waals surface area contributed by atoms with Crippen LogP contribution in [0, 0.1) is 5.92 Å². The number of carbonyl (C=O) groups is 1. The number of methoxy groups -OCH3 is 1. The Balaban J connectivity index is 1.95. The number of ether oxygens (including phenoxy) is 2. The van der Waals surface area contributed by atoms with E-state index in [9.17, 15) is 4.79 Å². The fourth-order valence-corrected chi connectivity index (χ4v) is 2.16. The van der Waals surface area contributed by atoms with Gasteiger partial charge in [-0.25, -0.2) is 0 Å². The van der Waals surface area contributed by atoms with Crippen LogP contribution in [0.4, 0.5) is 5.69 Å². The Hall–Kier alpha value is -1.75. The monoisotopic (exact) mass is 264 g/mol. The summed E-state index contributed by atoms with van der Waals surface area (Å²) in [6, 6.07) is 5.07. The molecular formula is C14H20N2O3. The molecule has 19 heavy (non-hydrogen) atoms. The van der Waals surface area contributed by atoms with Crippen LogP contribution >= 0.6 is 0 Å². The molecule has 0 aromatic heterocycles. The van der Waals surface area contributed by atoms with Crippen molar-refractivity contribution in [1.29, 1.82) is 0 Å². The third-order valence-corrected chi connectivity index (χ3v) is 3.31. The van der Waals surface area contributed by atoms with E-state index in [4.69, 9.17) is 15.2 Å². The van der Waals surface area contributed by atoms with Crippen LogP contribution in [0.5, 0.6) is 5.75 Å². The van der Waals surface area contributed by atoms with E-state index in [1.54, 1.807) is 25.3 Å². The van der Waals surface area contributed by atoms with Gasteiger partial charge in [-0.05, 0) is 37.0 Å². The molecule has 1 heterocycles. The lowest BCUT2D eigenvalue weighted by atomic mass is 10.0. The van der Waals surface area contributed by atoms with Crippen molar-refractivity contribution in [2.24, 2.45) is 5.92 Å². The third kappa shape index (κ3) is 3.61. The van der Waals surface area contributed by atoms with E-state index < -0.39 is 0 Å². The Bertz CT molecular complexity index is 442. The van der Waals surface area contributed by atoms with E-state index in [2.05, 4.69) is 5.32 Å². The van der Waals surface area contributed by atoms with Gasteiger partial charge in [0.15, 0.2) is 0 Å². The molecule has 0 saturated carbocycles. The highest BCUT2D eigenvalue weighted by molar-refractivity contribution is 5.99. The standard InChI is InChI=1S/C14H20N2O3/c1-18-11-4-5-13(15)12(7-11)14(17)16-8-10-3-2-6-19-9-10/h4-5,7,10H,2-3,6,8-9,15H2,1H3,(H,16,17). The van der Waals surface area contributed by atoms with Crippen molar-refractivity contribution in [3.8, 4) is 5.75 Å². The van der Waals surface area contributed by atoms with Crippen molar-refractivity contribution >= 4 is 11.6 Å². The first-order valence-electron chi connectivity index (χ1n) is 6.50. The number of rotatable bonds is 4. The molecule has 0 bridgehead atoms. The van der Waals surface area contributed by atoms with Crippen LogP contribution in [-0.4, -0.2) is 32.8 Å². The highest BCUT2D eigenvalue weighted by Crippen LogP contribution is 2.19. The number of benzene rings is 1. The summed E-state index contributed by atoms with van der Waals surface area (Å²) in [6.45, 7) is 2.16. The van der Waals surface area contributed by atoms with E-state index in [1.807, 2.05) is 0 Å². The molecule has 1 unspecified atom stereocenters. The average Bonchev–Trinajstić information content (AvgIpc) is 2.46. The fourth-order valence-electron chi connectivity index (χ4n) is 2.16. The van der Waals surface area contributed by atoms with E-state index in [-0.39, 0.29) is 5.91 Å². The fraction of sp³-hybridized carbons (Fsp3) is 0.500. The number of carbonyl (C=O) groups excluding carboxylic acids is 1. The van der Waals surface area contributed by atoms with Gasteiger partial charge in [-0.15, -0.1) is 0 Å². The molecule has 104 valence electrons. The normalized spacial score (nSPS) is 18.9. The number of nitrogen functional groups attached to an aromatic ring is 1. The zero-order valence-electron chi connectivity index (χ0n) is 11.1. The number of nitrogens with two attached hydrogens (primary N) is 1. The number of amides is 1. The van der Waals surface area contributed by atoms with Crippen molar-refractivity contribution in [1.82, 2.24) is 5.32 Å². The Morgan fingerprint density at radius 3 is 3.11 bits per heavy atom. The maximum Gasteiger partial charge on any atom is 0.253 e. The summed E-state index contributed by atoms with van der Waals surface area (Å²) in [4.78, 5) is 12.1.